The van der Waals surface area contributed by atoms with Gasteiger partial charge in [0.15, 0.2) is 0 Å². The number of nitrogens with one attached hydrogen (secondary N) is 2. The lowest BCUT2D eigenvalue weighted by atomic mass is 10.1. The second-order valence-corrected chi connectivity index (χ2v) is 4.27. The summed E-state index contributed by atoms with van der Waals surface area (Å²) in [6, 6.07) is 5.01. The number of aromatic carboxylic acids is 1. The highest BCUT2D eigenvalue weighted by Gasteiger charge is 2.18. The Kier molecular flexibility index (Phi) is 3.70. The number of anilines is 1. The zero-order valence-electron chi connectivity index (χ0n) is 10.9. The highest BCUT2D eigenvalue weighted by molar-refractivity contribution is 6.08. The average Bonchev–Trinajstić information content (AvgIpc) is 2.79. The van der Waals surface area contributed by atoms with Crippen LogP contribution in [0.1, 0.15) is 26.4 Å². The number of H-pyrrole nitrogens is 1. The van der Waals surface area contributed by atoms with Gasteiger partial charge in [0.2, 0.25) is 0 Å². The van der Waals surface area contributed by atoms with E-state index in [2.05, 4.69) is 10.3 Å². The first-order chi connectivity index (χ1) is 9.90. The summed E-state index contributed by atoms with van der Waals surface area (Å²) in [6.45, 7) is 1.57. The van der Waals surface area contributed by atoms with Crippen LogP contribution in [0.15, 0.2) is 30.5 Å². The van der Waals surface area contributed by atoms with Gasteiger partial charge in [0.25, 0.3) is 11.6 Å². The molecule has 8 nitrogen and oxygen atoms in total. The van der Waals surface area contributed by atoms with Crippen LogP contribution in [0.25, 0.3) is 0 Å². The monoisotopic (exact) mass is 289 g/mol. The lowest BCUT2D eigenvalue weighted by Gasteiger charge is -2.04. The Morgan fingerprint density at radius 3 is 2.43 bits per heavy atom. The molecule has 1 aromatic carbocycles. The van der Waals surface area contributed by atoms with Gasteiger partial charge in [-0.05, 0) is 19.1 Å². The lowest BCUT2D eigenvalue weighted by molar-refractivity contribution is -0.384. The number of aromatic amines is 1. The van der Waals surface area contributed by atoms with Gasteiger partial charge in [0.1, 0.15) is 5.56 Å². The minimum atomic E-state index is -1.16. The van der Waals surface area contributed by atoms with E-state index in [0.717, 1.165) is 0 Å². The summed E-state index contributed by atoms with van der Waals surface area (Å²) in [7, 11) is 0. The van der Waals surface area contributed by atoms with Crippen molar-refractivity contribution in [1.29, 1.82) is 0 Å². The molecule has 0 bridgehead atoms. The van der Waals surface area contributed by atoms with Crippen LogP contribution in [0, 0.1) is 17.0 Å². The molecule has 2 aromatic rings. The third kappa shape index (κ3) is 2.89. The van der Waals surface area contributed by atoms with Gasteiger partial charge < -0.3 is 15.4 Å². The molecular formula is C13H11N3O5. The van der Waals surface area contributed by atoms with Crippen LogP contribution < -0.4 is 5.32 Å². The number of carbonyl (C=O) groups is 2. The summed E-state index contributed by atoms with van der Waals surface area (Å²) in [5, 5.41) is 22.1. The quantitative estimate of drug-likeness (QED) is 0.587. The standard InChI is InChI=1S/C13H11N3O5/c1-7-11(13(18)19)10(6-14-7)15-12(17)8-2-4-9(5-3-8)16(20)21/h2-6,14H,1H3,(H,15,17)(H,18,19). The molecule has 0 saturated heterocycles. The van der Waals surface area contributed by atoms with Gasteiger partial charge in [0.05, 0.1) is 10.6 Å². The minimum absolute atomic E-state index is 0.0229. The third-order valence-corrected chi connectivity index (χ3v) is 2.88. The topological polar surface area (TPSA) is 125 Å². The number of aromatic nitrogens is 1. The van der Waals surface area contributed by atoms with E-state index in [0.29, 0.717) is 5.69 Å². The number of nitro groups is 1. The second kappa shape index (κ2) is 5.45. The molecule has 8 heteroatoms. The molecule has 0 atom stereocenters. The van der Waals surface area contributed by atoms with Gasteiger partial charge in [-0.1, -0.05) is 0 Å². The van der Waals surface area contributed by atoms with Gasteiger partial charge in [0, 0.05) is 29.6 Å². The van der Waals surface area contributed by atoms with E-state index in [-0.39, 0.29) is 22.5 Å². The number of aryl methyl sites for hydroxylation is 1. The van der Waals surface area contributed by atoms with Crippen molar-refractivity contribution in [3.05, 3.63) is 57.4 Å². The number of carbonyl (C=O) groups excluding carboxylic acids is 1. The molecule has 0 aliphatic carbocycles. The SMILES string of the molecule is Cc1[nH]cc(NC(=O)c2ccc([N+](=O)[O-])cc2)c1C(=O)O. The Balaban J connectivity index is 2.22. The third-order valence-electron chi connectivity index (χ3n) is 2.88. The number of rotatable bonds is 4. The molecule has 0 aliphatic heterocycles. The first-order valence-electron chi connectivity index (χ1n) is 5.87. The first kappa shape index (κ1) is 14.3. The van der Waals surface area contributed by atoms with Gasteiger partial charge in [-0.2, -0.15) is 0 Å². The van der Waals surface area contributed by atoms with E-state index in [1.54, 1.807) is 6.92 Å². The van der Waals surface area contributed by atoms with E-state index in [1.165, 1.54) is 30.5 Å². The van der Waals surface area contributed by atoms with Gasteiger partial charge in [-0.3, -0.25) is 14.9 Å². The molecule has 0 aliphatic rings. The summed E-state index contributed by atoms with van der Waals surface area (Å²) in [5.74, 6) is -1.71. The minimum Gasteiger partial charge on any atom is -0.478 e. The summed E-state index contributed by atoms with van der Waals surface area (Å²) in [5.41, 5.74) is 0.598. The van der Waals surface area contributed by atoms with Crippen molar-refractivity contribution >= 4 is 23.3 Å². The maximum atomic E-state index is 12.0. The Morgan fingerprint density at radius 2 is 1.90 bits per heavy atom. The molecule has 1 aromatic heterocycles. The largest absolute Gasteiger partial charge is 0.478 e. The summed E-state index contributed by atoms with van der Waals surface area (Å²) < 4.78 is 0. The Labute approximate surface area is 118 Å². The van der Waals surface area contributed by atoms with Crippen molar-refractivity contribution in [2.75, 3.05) is 5.32 Å². The number of nitrogens with zero attached hydrogens (tertiary/aromatic N) is 1. The number of hydrogen-bond donors (Lipinski definition) is 3. The highest BCUT2D eigenvalue weighted by atomic mass is 16.6. The fourth-order valence-electron chi connectivity index (χ4n) is 1.83. The second-order valence-electron chi connectivity index (χ2n) is 4.27. The van der Waals surface area contributed by atoms with Crippen molar-refractivity contribution < 1.29 is 19.6 Å². The number of carboxylic acid groups (broad SMARTS) is 1. The molecule has 0 saturated carbocycles. The molecule has 2 rings (SSSR count). The fraction of sp³-hybridized carbons (Fsp3) is 0.0769. The summed E-state index contributed by atoms with van der Waals surface area (Å²) in [6.07, 6.45) is 1.38. The molecular weight excluding hydrogens is 278 g/mol. The molecule has 21 heavy (non-hydrogen) atoms. The van der Waals surface area contributed by atoms with Crippen LogP contribution in [0.2, 0.25) is 0 Å². The normalized spacial score (nSPS) is 10.1. The zero-order valence-corrected chi connectivity index (χ0v) is 10.9. The molecule has 3 N–H and O–H groups in total. The Morgan fingerprint density at radius 1 is 1.29 bits per heavy atom. The molecule has 1 amide bonds. The van der Waals surface area contributed by atoms with Crippen LogP contribution in [0.5, 0.6) is 0 Å². The molecule has 0 spiro atoms. The number of non-ortho nitro benzene ring substituents is 1. The molecule has 0 radical (unpaired) electrons. The van der Waals surface area contributed by atoms with Crippen molar-refractivity contribution in [3.63, 3.8) is 0 Å². The summed E-state index contributed by atoms with van der Waals surface area (Å²) >= 11 is 0. The van der Waals surface area contributed by atoms with Crippen LogP contribution in [-0.2, 0) is 0 Å². The smallest absolute Gasteiger partial charge is 0.339 e. The molecule has 0 unspecified atom stereocenters. The van der Waals surface area contributed by atoms with Crippen molar-refractivity contribution in [3.8, 4) is 0 Å². The van der Waals surface area contributed by atoms with E-state index in [9.17, 15) is 19.7 Å². The number of hydrogen-bond acceptors (Lipinski definition) is 4. The van der Waals surface area contributed by atoms with Gasteiger partial charge in [-0.15, -0.1) is 0 Å². The lowest BCUT2D eigenvalue weighted by Crippen LogP contribution is -2.14. The average molecular weight is 289 g/mol. The Hall–Kier alpha value is -3.16. The zero-order chi connectivity index (χ0) is 15.6. The van der Waals surface area contributed by atoms with Crippen molar-refractivity contribution in [2.45, 2.75) is 6.92 Å². The predicted octanol–water partition coefficient (Wildman–Crippen LogP) is 2.18. The maximum Gasteiger partial charge on any atom is 0.339 e. The van der Waals surface area contributed by atoms with Crippen LogP contribution in [0.4, 0.5) is 11.4 Å². The van der Waals surface area contributed by atoms with E-state index < -0.39 is 16.8 Å². The van der Waals surface area contributed by atoms with Gasteiger partial charge in [-0.25, -0.2) is 4.79 Å². The fourth-order valence-corrected chi connectivity index (χ4v) is 1.83. The summed E-state index contributed by atoms with van der Waals surface area (Å²) in [4.78, 5) is 35.8. The number of nitro benzene ring substituents is 1. The van der Waals surface area contributed by atoms with Gasteiger partial charge >= 0.3 is 5.97 Å². The number of carboxylic acids is 1. The molecule has 0 fully saturated rings. The van der Waals surface area contributed by atoms with E-state index >= 15 is 0 Å². The van der Waals surface area contributed by atoms with Crippen LogP contribution >= 0.6 is 0 Å². The van der Waals surface area contributed by atoms with E-state index in [1.807, 2.05) is 0 Å². The van der Waals surface area contributed by atoms with Crippen LogP contribution in [-0.4, -0.2) is 26.9 Å². The molecule has 1 heterocycles. The number of benzene rings is 1. The maximum absolute atomic E-state index is 12.0. The van der Waals surface area contributed by atoms with E-state index in [4.69, 9.17) is 5.11 Å². The first-order valence-corrected chi connectivity index (χ1v) is 5.87. The highest BCUT2D eigenvalue weighted by Crippen LogP contribution is 2.20. The Bertz CT molecular complexity index is 718. The molecule has 108 valence electrons. The predicted molar refractivity (Wildman–Crippen MR) is 73.5 cm³/mol. The van der Waals surface area contributed by atoms with Crippen LogP contribution in [0.3, 0.4) is 0 Å². The number of amides is 1. The van der Waals surface area contributed by atoms with Crippen molar-refractivity contribution in [1.82, 2.24) is 4.98 Å². The van der Waals surface area contributed by atoms with Crippen molar-refractivity contribution in [2.24, 2.45) is 0 Å².